The van der Waals surface area contributed by atoms with Gasteiger partial charge in [0.15, 0.2) is 0 Å². The molecule has 0 atom stereocenters. The second-order valence-electron chi connectivity index (χ2n) is 4.24. The topological polar surface area (TPSA) is 29.4 Å². The lowest BCUT2D eigenvalue weighted by molar-refractivity contribution is 0.663. The van der Waals surface area contributed by atoms with Gasteiger partial charge >= 0.3 is 0 Å². The van der Waals surface area contributed by atoms with Crippen molar-refractivity contribution in [2.24, 2.45) is 4.36 Å². The Morgan fingerprint density at radius 1 is 1.12 bits per heavy atom. The van der Waals surface area contributed by atoms with E-state index in [1.807, 2.05) is 36.4 Å². The van der Waals surface area contributed by atoms with Crippen LogP contribution in [-0.2, 0) is 9.73 Å². The molecular weight excluding hydrogens is 298 g/mol. The van der Waals surface area contributed by atoms with Gasteiger partial charge in [-0.05, 0) is 23.9 Å². The van der Waals surface area contributed by atoms with Crippen molar-refractivity contribution in [1.82, 2.24) is 0 Å². The molecule has 1 heterocycles. The average molecular weight is 310 g/mol. The van der Waals surface area contributed by atoms with Crippen LogP contribution < -0.4 is 0 Å². The molecule has 0 unspecified atom stereocenters. The van der Waals surface area contributed by atoms with Gasteiger partial charge in [0.2, 0.25) is 0 Å². The van der Waals surface area contributed by atoms with Crippen molar-refractivity contribution in [1.29, 1.82) is 0 Å². The van der Waals surface area contributed by atoms with E-state index in [1.165, 1.54) is 0 Å². The number of benzene rings is 2. The maximum atomic E-state index is 12.2. The number of hydrogen-bond acceptors (Lipinski definition) is 2. The minimum absolute atomic E-state index is 0.744. The SMILES string of the molecule is O=S1(=Nc2cccc3cccc(Br)c23)CCC1. The summed E-state index contributed by atoms with van der Waals surface area (Å²) in [6.45, 7) is 0. The lowest BCUT2D eigenvalue weighted by atomic mass is 10.1. The molecule has 0 bridgehead atoms. The molecule has 4 heteroatoms. The zero-order chi connectivity index (χ0) is 11.9. The predicted molar refractivity (Wildman–Crippen MR) is 76.2 cm³/mol. The largest absolute Gasteiger partial charge is 0.249 e. The van der Waals surface area contributed by atoms with Crippen molar-refractivity contribution in [3.8, 4) is 0 Å². The van der Waals surface area contributed by atoms with Gasteiger partial charge in [0.1, 0.15) is 0 Å². The normalized spacial score (nSPS) is 17.7. The molecule has 0 aliphatic carbocycles. The highest BCUT2D eigenvalue weighted by molar-refractivity contribution is 9.10. The fraction of sp³-hybridized carbons (Fsp3) is 0.231. The van der Waals surface area contributed by atoms with E-state index in [2.05, 4.69) is 20.3 Å². The lowest BCUT2D eigenvalue weighted by Crippen LogP contribution is -2.22. The Labute approximate surface area is 109 Å². The molecule has 3 rings (SSSR count). The van der Waals surface area contributed by atoms with Crippen molar-refractivity contribution < 1.29 is 4.21 Å². The number of halogens is 1. The van der Waals surface area contributed by atoms with E-state index in [1.54, 1.807) is 0 Å². The van der Waals surface area contributed by atoms with Gasteiger partial charge in [0.25, 0.3) is 0 Å². The van der Waals surface area contributed by atoms with Crippen LogP contribution >= 0.6 is 15.9 Å². The number of fused-ring (bicyclic) bond motifs is 1. The Balaban J connectivity index is 2.30. The summed E-state index contributed by atoms with van der Waals surface area (Å²) in [5.74, 6) is 1.49. The molecule has 2 aromatic carbocycles. The van der Waals surface area contributed by atoms with Gasteiger partial charge < -0.3 is 0 Å². The molecule has 0 spiro atoms. The van der Waals surface area contributed by atoms with Gasteiger partial charge in [0, 0.05) is 21.4 Å². The van der Waals surface area contributed by atoms with E-state index in [0.29, 0.717) is 0 Å². The zero-order valence-electron chi connectivity index (χ0n) is 9.23. The van der Waals surface area contributed by atoms with Crippen molar-refractivity contribution in [3.63, 3.8) is 0 Å². The highest BCUT2D eigenvalue weighted by atomic mass is 79.9. The molecular formula is C13H12BrNOS. The lowest BCUT2D eigenvalue weighted by Gasteiger charge is -2.18. The minimum Gasteiger partial charge on any atom is -0.249 e. The highest BCUT2D eigenvalue weighted by Gasteiger charge is 2.19. The third kappa shape index (κ3) is 2.00. The highest BCUT2D eigenvalue weighted by Crippen LogP contribution is 2.34. The minimum atomic E-state index is -1.95. The molecule has 0 saturated carbocycles. The molecule has 1 aliphatic rings. The second-order valence-corrected chi connectivity index (χ2v) is 7.64. The van der Waals surface area contributed by atoms with E-state index in [9.17, 15) is 4.21 Å². The van der Waals surface area contributed by atoms with Crippen molar-refractivity contribution >= 4 is 42.1 Å². The molecule has 1 aliphatic heterocycles. The van der Waals surface area contributed by atoms with E-state index in [0.717, 1.165) is 38.9 Å². The number of rotatable bonds is 1. The molecule has 0 amide bonds. The van der Waals surface area contributed by atoms with Crippen molar-refractivity contribution in [3.05, 3.63) is 40.9 Å². The molecule has 2 nitrogen and oxygen atoms in total. The molecule has 1 fully saturated rings. The van der Waals surface area contributed by atoms with E-state index in [4.69, 9.17) is 0 Å². The van der Waals surface area contributed by atoms with Gasteiger partial charge in [-0.25, -0.2) is 4.21 Å². The molecule has 2 aromatic rings. The van der Waals surface area contributed by atoms with E-state index < -0.39 is 9.73 Å². The summed E-state index contributed by atoms with van der Waals surface area (Å²) in [5.41, 5.74) is 0.847. The molecule has 88 valence electrons. The van der Waals surface area contributed by atoms with Gasteiger partial charge in [-0.3, -0.25) is 0 Å². The van der Waals surface area contributed by atoms with Crippen LogP contribution in [0.2, 0.25) is 0 Å². The first kappa shape index (κ1) is 11.2. The quantitative estimate of drug-likeness (QED) is 0.779. The second kappa shape index (κ2) is 4.10. The standard InChI is InChI=1S/C13H12BrNOS/c14-11-6-1-4-10-5-2-7-12(13(10)11)15-17(16)8-3-9-17/h1-2,4-7H,3,8-9H2. The summed E-state index contributed by atoms with van der Waals surface area (Å²) in [6, 6.07) is 12.0. The molecule has 0 radical (unpaired) electrons. The van der Waals surface area contributed by atoms with Crippen LogP contribution in [0.5, 0.6) is 0 Å². The van der Waals surface area contributed by atoms with E-state index in [-0.39, 0.29) is 0 Å². The Kier molecular flexibility index (Phi) is 2.71. The van der Waals surface area contributed by atoms with Crippen molar-refractivity contribution in [2.75, 3.05) is 11.5 Å². The fourth-order valence-electron chi connectivity index (χ4n) is 2.01. The summed E-state index contributed by atoms with van der Waals surface area (Å²) >= 11 is 3.54. The zero-order valence-corrected chi connectivity index (χ0v) is 11.6. The van der Waals surface area contributed by atoms with Crippen LogP contribution in [0.4, 0.5) is 5.69 Å². The van der Waals surface area contributed by atoms with Gasteiger partial charge in [0.05, 0.1) is 15.4 Å². The smallest absolute Gasteiger partial charge is 0.0819 e. The van der Waals surface area contributed by atoms with Gasteiger partial charge in [-0.1, -0.05) is 40.2 Å². The summed E-state index contributed by atoms with van der Waals surface area (Å²) in [6.07, 6.45) is 1.04. The Bertz CT molecular complexity index is 686. The van der Waals surface area contributed by atoms with Crippen LogP contribution in [-0.4, -0.2) is 15.7 Å². The molecule has 0 N–H and O–H groups in total. The van der Waals surface area contributed by atoms with Gasteiger partial charge in [-0.15, -0.1) is 0 Å². The molecule has 17 heavy (non-hydrogen) atoms. The average Bonchev–Trinajstić information content (AvgIpc) is 2.27. The van der Waals surface area contributed by atoms with Gasteiger partial charge in [-0.2, -0.15) is 4.36 Å². The van der Waals surface area contributed by atoms with Crippen LogP contribution in [0.1, 0.15) is 6.42 Å². The summed E-state index contributed by atoms with van der Waals surface area (Å²) in [4.78, 5) is 0. The van der Waals surface area contributed by atoms with Crippen LogP contribution in [0.25, 0.3) is 10.8 Å². The molecule has 1 saturated heterocycles. The predicted octanol–water partition coefficient (Wildman–Crippen LogP) is 4.11. The third-order valence-corrected chi connectivity index (χ3v) is 6.07. The first-order chi connectivity index (χ1) is 8.18. The Morgan fingerprint density at radius 2 is 1.82 bits per heavy atom. The van der Waals surface area contributed by atoms with Crippen LogP contribution in [0.3, 0.4) is 0 Å². The third-order valence-electron chi connectivity index (χ3n) is 3.02. The first-order valence-electron chi connectivity index (χ1n) is 5.58. The van der Waals surface area contributed by atoms with E-state index >= 15 is 0 Å². The summed E-state index contributed by atoms with van der Waals surface area (Å²) in [5, 5.41) is 2.19. The fourth-order valence-corrected chi connectivity index (χ4v) is 4.07. The maximum absolute atomic E-state index is 12.2. The molecule has 0 aromatic heterocycles. The number of hydrogen-bond donors (Lipinski definition) is 0. The Hall–Kier alpha value is -0.870. The first-order valence-corrected chi connectivity index (χ1v) is 8.22. The summed E-state index contributed by atoms with van der Waals surface area (Å²) in [7, 11) is -1.95. The van der Waals surface area contributed by atoms with Crippen LogP contribution in [0.15, 0.2) is 45.2 Å². The van der Waals surface area contributed by atoms with Crippen LogP contribution in [0, 0.1) is 0 Å². The number of nitrogens with zero attached hydrogens (tertiary/aromatic N) is 1. The van der Waals surface area contributed by atoms with Crippen molar-refractivity contribution in [2.45, 2.75) is 6.42 Å². The maximum Gasteiger partial charge on any atom is 0.0819 e. The summed E-state index contributed by atoms with van der Waals surface area (Å²) < 4.78 is 17.7. The monoisotopic (exact) mass is 309 g/mol. The Morgan fingerprint density at radius 3 is 2.47 bits per heavy atom.